The number of likely N-dealkylation sites (N-methyl/N-ethyl adjacent to an activating group) is 1. The molecule has 0 fully saturated rings. The molecule has 1 aliphatic rings. The Morgan fingerprint density at radius 1 is 1.00 bits per heavy atom. The maximum Gasteiger partial charge on any atom is 0.0479 e. The maximum absolute atomic E-state index is 6.16. The molecular weight excluding hydrogens is 292 g/mol. The van der Waals surface area contributed by atoms with E-state index in [4.69, 9.17) is 11.6 Å². The van der Waals surface area contributed by atoms with Crippen LogP contribution >= 0.6 is 11.6 Å². The SMILES string of the molecule is CCN(CC)CC=C1c2ccccc2Nc2cc(Cl)ccc21. The zero-order chi connectivity index (χ0) is 15.5. The fourth-order valence-corrected chi connectivity index (χ4v) is 3.07. The van der Waals surface area contributed by atoms with Crippen molar-refractivity contribution in [1.82, 2.24) is 4.90 Å². The van der Waals surface area contributed by atoms with Crippen LogP contribution in [-0.2, 0) is 0 Å². The summed E-state index contributed by atoms with van der Waals surface area (Å²) < 4.78 is 0. The molecule has 0 atom stereocenters. The van der Waals surface area contributed by atoms with Gasteiger partial charge < -0.3 is 10.2 Å². The number of rotatable bonds is 4. The van der Waals surface area contributed by atoms with Crippen LogP contribution in [0.2, 0.25) is 5.02 Å². The summed E-state index contributed by atoms with van der Waals surface area (Å²) in [4.78, 5) is 2.41. The summed E-state index contributed by atoms with van der Waals surface area (Å²) in [7, 11) is 0. The Labute approximate surface area is 137 Å². The molecule has 0 saturated heterocycles. The Morgan fingerprint density at radius 3 is 2.50 bits per heavy atom. The highest BCUT2D eigenvalue weighted by atomic mass is 35.5. The first-order chi connectivity index (χ1) is 10.7. The van der Waals surface area contributed by atoms with Crippen LogP contribution in [-0.4, -0.2) is 24.5 Å². The first-order valence-electron chi connectivity index (χ1n) is 7.81. The van der Waals surface area contributed by atoms with Crippen molar-refractivity contribution in [3.8, 4) is 0 Å². The van der Waals surface area contributed by atoms with E-state index in [1.165, 1.54) is 16.7 Å². The number of nitrogens with one attached hydrogen (secondary N) is 1. The van der Waals surface area contributed by atoms with E-state index in [2.05, 4.69) is 60.5 Å². The van der Waals surface area contributed by atoms with Gasteiger partial charge >= 0.3 is 0 Å². The normalized spacial score (nSPS) is 14.6. The number of halogens is 1. The third-order valence-corrected chi connectivity index (χ3v) is 4.44. The third-order valence-electron chi connectivity index (χ3n) is 4.21. The van der Waals surface area contributed by atoms with Gasteiger partial charge in [-0.1, -0.05) is 55.8 Å². The van der Waals surface area contributed by atoms with Crippen molar-refractivity contribution >= 4 is 28.5 Å². The van der Waals surface area contributed by atoms with Gasteiger partial charge in [0.2, 0.25) is 0 Å². The van der Waals surface area contributed by atoms with Crippen molar-refractivity contribution in [2.45, 2.75) is 13.8 Å². The van der Waals surface area contributed by atoms with E-state index in [0.29, 0.717) is 0 Å². The molecule has 3 rings (SSSR count). The molecule has 1 heterocycles. The number of hydrogen-bond acceptors (Lipinski definition) is 2. The Bertz CT molecular complexity index is 702. The van der Waals surface area contributed by atoms with E-state index in [0.717, 1.165) is 36.0 Å². The highest BCUT2D eigenvalue weighted by Gasteiger charge is 2.19. The van der Waals surface area contributed by atoms with E-state index in [1.54, 1.807) is 0 Å². The van der Waals surface area contributed by atoms with Crippen LogP contribution in [0.15, 0.2) is 48.5 Å². The van der Waals surface area contributed by atoms with Crippen LogP contribution in [0.5, 0.6) is 0 Å². The molecule has 2 aromatic carbocycles. The molecule has 0 amide bonds. The third kappa shape index (κ3) is 2.90. The first kappa shape index (κ1) is 15.1. The molecular formula is C19H21ClN2. The fourth-order valence-electron chi connectivity index (χ4n) is 2.89. The lowest BCUT2D eigenvalue weighted by molar-refractivity contribution is 0.337. The molecule has 0 aromatic heterocycles. The Kier molecular flexibility index (Phi) is 4.51. The summed E-state index contributed by atoms with van der Waals surface area (Å²) in [6.45, 7) is 7.48. The summed E-state index contributed by atoms with van der Waals surface area (Å²) in [5.74, 6) is 0. The molecule has 1 N–H and O–H groups in total. The Hall–Kier alpha value is -1.77. The number of hydrogen-bond donors (Lipinski definition) is 1. The predicted molar refractivity (Wildman–Crippen MR) is 96.0 cm³/mol. The van der Waals surface area contributed by atoms with Gasteiger partial charge in [0, 0.05) is 34.1 Å². The van der Waals surface area contributed by atoms with Crippen molar-refractivity contribution in [1.29, 1.82) is 0 Å². The minimum atomic E-state index is 0.758. The standard InChI is InChI=1S/C19H21ClN2/c1-3-22(4-2)12-11-15-16-7-5-6-8-18(16)21-19-13-14(20)9-10-17(15)19/h5-11,13,21H,3-4,12H2,1-2H3. The van der Waals surface area contributed by atoms with E-state index >= 15 is 0 Å². The van der Waals surface area contributed by atoms with Crippen LogP contribution in [0.25, 0.3) is 5.57 Å². The van der Waals surface area contributed by atoms with Crippen LogP contribution < -0.4 is 5.32 Å². The quantitative estimate of drug-likeness (QED) is 0.715. The number of para-hydroxylation sites is 1. The summed E-state index contributed by atoms with van der Waals surface area (Å²) >= 11 is 6.16. The van der Waals surface area contributed by atoms with Gasteiger partial charge in [0.05, 0.1) is 0 Å². The van der Waals surface area contributed by atoms with E-state index in [1.807, 2.05) is 12.1 Å². The van der Waals surface area contributed by atoms with E-state index in [-0.39, 0.29) is 0 Å². The molecule has 0 saturated carbocycles. The van der Waals surface area contributed by atoms with E-state index in [9.17, 15) is 0 Å². The van der Waals surface area contributed by atoms with Crippen molar-refractivity contribution in [2.75, 3.05) is 25.0 Å². The van der Waals surface area contributed by atoms with Gasteiger partial charge in [-0.05, 0) is 36.9 Å². The summed E-state index contributed by atoms with van der Waals surface area (Å²) in [6.07, 6.45) is 2.33. The maximum atomic E-state index is 6.16. The smallest absolute Gasteiger partial charge is 0.0479 e. The Balaban J connectivity index is 2.06. The van der Waals surface area contributed by atoms with Gasteiger partial charge in [-0.25, -0.2) is 0 Å². The van der Waals surface area contributed by atoms with Crippen molar-refractivity contribution in [3.63, 3.8) is 0 Å². The topological polar surface area (TPSA) is 15.3 Å². The highest BCUT2D eigenvalue weighted by molar-refractivity contribution is 6.31. The second kappa shape index (κ2) is 6.55. The molecule has 0 aliphatic carbocycles. The lowest BCUT2D eigenvalue weighted by Crippen LogP contribution is -2.23. The van der Waals surface area contributed by atoms with Crippen molar-refractivity contribution in [3.05, 3.63) is 64.7 Å². The van der Waals surface area contributed by atoms with Crippen molar-refractivity contribution in [2.24, 2.45) is 0 Å². The largest absolute Gasteiger partial charge is 0.354 e. The summed E-state index contributed by atoms with van der Waals surface area (Å²) in [5, 5.41) is 4.25. The molecule has 114 valence electrons. The van der Waals surface area contributed by atoms with Crippen LogP contribution in [0.1, 0.15) is 25.0 Å². The second-order valence-electron chi connectivity index (χ2n) is 5.46. The molecule has 2 aromatic rings. The predicted octanol–water partition coefficient (Wildman–Crippen LogP) is 5.17. The highest BCUT2D eigenvalue weighted by Crippen LogP contribution is 2.41. The van der Waals surface area contributed by atoms with E-state index < -0.39 is 0 Å². The van der Waals surface area contributed by atoms with Crippen LogP contribution in [0.4, 0.5) is 11.4 Å². The monoisotopic (exact) mass is 312 g/mol. The molecule has 3 heteroatoms. The lowest BCUT2D eigenvalue weighted by atomic mass is 9.91. The molecule has 0 unspecified atom stereocenters. The number of anilines is 2. The minimum Gasteiger partial charge on any atom is -0.354 e. The first-order valence-corrected chi connectivity index (χ1v) is 8.19. The average Bonchev–Trinajstić information content (AvgIpc) is 2.54. The number of nitrogens with zero attached hydrogens (tertiary/aromatic N) is 1. The van der Waals surface area contributed by atoms with Crippen molar-refractivity contribution < 1.29 is 0 Å². The van der Waals surface area contributed by atoms with Gasteiger partial charge in [0.1, 0.15) is 0 Å². The van der Waals surface area contributed by atoms with Gasteiger partial charge in [-0.2, -0.15) is 0 Å². The number of fused-ring (bicyclic) bond motifs is 2. The van der Waals surface area contributed by atoms with Gasteiger partial charge in [-0.15, -0.1) is 0 Å². The van der Waals surface area contributed by atoms with Crippen LogP contribution in [0.3, 0.4) is 0 Å². The molecule has 0 radical (unpaired) electrons. The Morgan fingerprint density at radius 2 is 1.73 bits per heavy atom. The summed E-state index contributed by atoms with van der Waals surface area (Å²) in [5.41, 5.74) is 5.98. The van der Waals surface area contributed by atoms with Gasteiger partial charge in [0.15, 0.2) is 0 Å². The van der Waals surface area contributed by atoms with Gasteiger partial charge in [-0.3, -0.25) is 0 Å². The molecule has 2 nitrogen and oxygen atoms in total. The zero-order valence-corrected chi connectivity index (χ0v) is 13.8. The fraction of sp³-hybridized carbons (Fsp3) is 0.263. The second-order valence-corrected chi connectivity index (χ2v) is 5.90. The molecule has 0 spiro atoms. The summed E-state index contributed by atoms with van der Waals surface area (Å²) in [6, 6.07) is 14.5. The lowest BCUT2D eigenvalue weighted by Gasteiger charge is -2.25. The van der Waals surface area contributed by atoms with Crippen LogP contribution in [0, 0.1) is 0 Å². The molecule has 1 aliphatic heterocycles. The molecule has 22 heavy (non-hydrogen) atoms. The zero-order valence-electron chi connectivity index (χ0n) is 13.1. The minimum absolute atomic E-state index is 0.758. The average molecular weight is 313 g/mol. The number of benzene rings is 2. The molecule has 0 bridgehead atoms. The van der Waals surface area contributed by atoms with Gasteiger partial charge in [0.25, 0.3) is 0 Å².